The number of methoxy groups -OCH3 is 1. The highest BCUT2D eigenvalue weighted by Crippen LogP contribution is 2.25. The molecular weight excluding hydrogens is 432 g/mol. The van der Waals surface area contributed by atoms with Crippen LogP contribution in [0.25, 0.3) is 0 Å². The Hall–Kier alpha value is -3.47. The summed E-state index contributed by atoms with van der Waals surface area (Å²) in [5, 5.41) is 5.72. The van der Waals surface area contributed by atoms with Crippen LogP contribution in [-0.2, 0) is 11.3 Å². The summed E-state index contributed by atoms with van der Waals surface area (Å²) in [6, 6.07) is 2.30. The topological polar surface area (TPSA) is 118 Å². The number of carbonyl (C=O) groups excluding carboxylic acids is 1. The Morgan fingerprint density at radius 3 is 2.77 bits per heavy atom. The second-order valence-corrected chi connectivity index (χ2v) is 6.70. The van der Waals surface area contributed by atoms with Crippen LogP contribution in [0.3, 0.4) is 0 Å². The van der Waals surface area contributed by atoms with Crippen molar-refractivity contribution in [3.8, 4) is 5.75 Å². The molecule has 0 bridgehead atoms. The fourth-order valence-electron chi connectivity index (χ4n) is 2.23. The van der Waals surface area contributed by atoms with Crippen LogP contribution < -0.4 is 21.1 Å². The number of allylic oxidation sites excluding steroid dienone is 1. The van der Waals surface area contributed by atoms with E-state index in [0.29, 0.717) is 5.70 Å². The lowest BCUT2D eigenvalue weighted by Gasteiger charge is -2.12. The Morgan fingerprint density at radius 1 is 1.39 bits per heavy atom. The number of aliphatic imine (C=N–C) groups is 1. The van der Waals surface area contributed by atoms with Gasteiger partial charge in [0, 0.05) is 38.6 Å². The first kappa shape index (κ1) is 23.8. The third-order valence-electron chi connectivity index (χ3n) is 3.94. The van der Waals surface area contributed by atoms with Gasteiger partial charge in [0.15, 0.2) is 17.4 Å². The molecular formula is C19H22ClF2N7O2. The molecule has 4 N–H and O–H groups in total. The van der Waals surface area contributed by atoms with Gasteiger partial charge in [0.1, 0.15) is 17.4 Å². The number of hydrogen-bond acceptors (Lipinski definition) is 8. The summed E-state index contributed by atoms with van der Waals surface area (Å²) < 4.78 is 33.2. The number of hydrogen-bond donors (Lipinski definition) is 3. The van der Waals surface area contributed by atoms with Crippen LogP contribution in [0.4, 0.5) is 20.5 Å². The Balaban J connectivity index is 2.12. The van der Waals surface area contributed by atoms with E-state index in [1.165, 1.54) is 36.7 Å². The van der Waals surface area contributed by atoms with Crippen LogP contribution in [0.5, 0.6) is 5.75 Å². The summed E-state index contributed by atoms with van der Waals surface area (Å²) in [5.41, 5.74) is 5.65. The van der Waals surface area contributed by atoms with E-state index in [-0.39, 0.29) is 47.1 Å². The molecule has 0 unspecified atom stereocenters. The number of anilines is 2. The lowest BCUT2D eigenvalue weighted by molar-refractivity contribution is -0.127. The minimum atomic E-state index is -0.824. The molecule has 12 heteroatoms. The van der Waals surface area contributed by atoms with Gasteiger partial charge in [0.2, 0.25) is 11.9 Å². The van der Waals surface area contributed by atoms with E-state index in [4.69, 9.17) is 22.1 Å². The van der Waals surface area contributed by atoms with Crippen LogP contribution >= 0.6 is 11.6 Å². The smallest absolute Gasteiger partial charge is 0.243 e. The highest BCUT2D eigenvalue weighted by molar-refractivity contribution is 6.32. The summed E-state index contributed by atoms with van der Waals surface area (Å²) in [7, 11) is 4.53. The summed E-state index contributed by atoms with van der Waals surface area (Å²) in [4.78, 5) is 25.2. The van der Waals surface area contributed by atoms with E-state index >= 15 is 0 Å². The van der Waals surface area contributed by atoms with E-state index < -0.39 is 11.6 Å². The van der Waals surface area contributed by atoms with Crippen molar-refractivity contribution in [2.24, 2.45) is 10.7 Å². The third kappa shape index (κ3) is 6.51. The average molecular weight is 454 g/mol. The summed E-state index contributed by atoms with van der Waals surface area (Å²) >= 11 is 6.08. The second kappa shape index (κ2) is 11.1. The van der Waals surface area contributed by atoms with Gasteiger partial charge in [0.25, 0.3) is 0 Å². The monoisotopic (exact) mass is 453 g/mol. The molecule has 0 spiro atoms. The molecule has 166 valence electrons. The third-order valence-corrected chi connectivity index (χ3v) is 4.22. The SMILES string of the molecule is COc1ccc(F)c(CNc2nc(N/C(C=NCC(=O)N(C)C)=C/N)ncc2Cl)c1F. The number of carbonyl (C=O) groups is 1. The zero-order chi connectivity index (χ0) is 23.0. The largest absolute Gasteiger partial charge is 0.494 e. The molecule has 0 atom stereocenters. The Kier molecular flexibility index (Phi) is 8.50. The van der Waals surface area contributed by atoms with E-state index in [9.17, 15) is 13.6 Å². The van der Waals surface area contributed by atoms with E-state index in [2.05, 4.69) is 25.6 Å². The molecule has 2 rings (SSSR count). The highest BCUT2D eigenvalue weighted by Gasteiger charge is 2.15. The van der Waals surface area contributed by atoms with Gasteiger partial charge in [-0.2, -0.15) is 4.98 Å². The first-order valence-corrected chi connectivity index (χ1v) is 9.30. The molecule has 0 radical (unpaired) electrons. The fourth-order valence-corrected chi connectivity index (χ4v) is 2.39. The number of likely N-dealkylation sites (N-methyl/N-ethyl adjacent to an activating group) is 1. The van der Waals surface area contributed by atoms with Gasteiger partial charge in [-0.15, -0.1) is 0 Å². The molecule has 31 heavy (non-hydrogen) atoms. The summed E-state index contributed by atoms with van der Waals surface area (Å²) in [6.07, 6.45) is 3.88. The molecule has 0 saturated carbocycles. The van der Waals surface area contributed by atoms with Gasteiger partial charge < -0.3 is 26.0 Å². The molecule has 0 aliphatic rings. The second-order valence-electron chi connectivity index (χ2n) is 6.29. The maximum Gasteiger partial charge on any atom is 0.243 e. The van der Waals surface area contributed by atoms with Crippen molar-refractivity contribution in [3.05, 3.63) is 52.4 Å². The van der Waals surface area contributed by atoms with Crippen molar-refractivity contribution in [2.75, 3.05) is 38.4 Å². The maximum atomic E-state index is 14.3. The maximum absolute atomic E-state index is 14.3. The van der Waals surface area contributed by atoms with Gasteiger partial charge in [-0.1, -0.05) is 11.6 Å². The zero-order valence-corrected chi connectivity index (χ0v) is 17.9. The Labute approximate surface area is 183 Å². The average Bonchev–Trinajstić information content (AvgIpc) is 2.74. The number of nitrogens with zero attached hydrogens (tertiary/aromatic N) is 4. The highest BCUT2D eigenvalue weighted by atomic mass is 35.5. The van der Waals surface area contributed by atoms with Crippen molar-refractivity contribution in [3.63, 3.8) is 0 Å². The number of ether oxygens (including phenoxy) is 1. The number of halogens is 3. The molecule has 0 saturated heterocycles. The molecule has 0 fully saturated rings. The number of aromatic nitrogens is 2. The molecule has 9 nitrogen and oxygen atoms in total. The van der Waals surface area contributed by atoms with Crippen molar-refractivity contribution in [2.45, 2.75) is 6.54 Å². The molecule has 1 aromatic carbocycles. The molecule has 1 amide bonds. The van der Waals surface area contributed by atoms with E-state index in [1.807, 2.05) is 0 Å². The van der Waals surface area contributed by atoms with Crippen LogP contribution in [0, 0.1) is 11.6 Å². The van der Waals surface area contributed by atoms with Crippen LogP contribution in [-0.4, -0.2) is 54.7 Å². The number of nitrogens with one attached hydrogen (secondary N) is 2. The molecule has 2 aromatic rings. The number of nitrogens with two attached hydrogens (primary N) is 1. The molecule has 0 aliphatic carbocycles. The predicted molar refractivity (Wildman–Crippen MR) is 115 cm³/mol. The minimum absolute atomic E-state index is 0.0576. The lowest BCUT2D eigenvalue weighted by Crippen LogP contribution is -2.24. The van der Waals surface area contributed by atoms with Crippen LogP contribution in [0.1, 0.15) is 5.56 Å². The van der Waals surface area contributed by atoms with Gasteiger partial charge in [0.05, 0.1) is 19.0 Å². The van der Waals surface area contributed by atoms with Gasteiger partial charge >= 0.3 is 0 Å². The van der Waals surface area contributed by atoms with Crippen molar-refractivity contribution in [1.82, 2.24) is 14.9 Å². The normalized spacial score (nSPS) is 11.5. The van der Waals surface area contributed by atoms with Crippen molar-refractivity contribution in [1.29, 1.82) is 0 Å². The lowest BCUT2D eigenvalue weighted by atomic mass is 10.2. The van der Waals surface area contributed by atoms with Crippen molar-refractivity contribution >= 4 is 35.5 Å². The number of benzene rings is 1. The van der Waals surface area contributed by atoms with Crippen molar-refractivity contribution < 1.29 is 18.3 Å². The standard InChI is InChI=1S/C19H22ClF2N7O2/c1-29(2)16(30)10-24-7-11(6-23)27-19-26-9-13(20)18(28-19)25-8-12-14(21)4-5-15(31-3)17(12)22/h4-7,9H,8,10,23H2,1-3H3,(H2,25,26,27,28)/b11-6+,24-7?. The molecule has 1 aromatic heterocycles. The Morgan fingerprint density at radius 2 is 2.13 bits per heavy atom. The Bertz CT molecular complexity index is 999. The quantitative estimate of drug-likeness (QED) is 0.499. The number of amides is 1. The molecule has 0 aliphatic heterocycles. The predicted octanol–water partition coefficient (Wildman–Crippen LogP) is 2.40. The van der Waals surface area contributed by atoms with Gasteiger partial charge in [-0.3, -0.25) is 9.79 Å². The first-order chi connectivity index (χ1) is 14.8. The van der Waals surface area contributed by atoms with E-state index in [0.717, 1.165) is 6.07 Å². The van der Waals surface area contributed by atoms with Crippen LogP contribution in [0.15, 0.2) is 35.2 Å². The molecule has 1 heterocycles. The van der Waals surface area contributed by atoms with Crippen LogP contribution in [0.2, 0.25) is 5.02 Å². The minimum Gasteiger partial charge on any atom is -0.494 e. The first-order valence-electron chi connectivity index (χ1n) is 8.93. The van der Waals surface area contributed by atoms with Gasteiger partial charge in [-0.05, 0) is 12.1 Å². The zero-order valence-electron chi connectivity index (χ0n) is 17.1. The summed E-state index contributed by atoms with van der Waals surface area (Å²) in [6.45, 7) is -0.295. The van der Waals surface area contributed by atoms with Gasteiger partial charge in [-0.25, -0.2) is 13.8 Å². The fraction of sp³-hybridized carbons (Fsp3) is 0.263. The number of rotatable bonds is 9. The van der Waals surface area contributed by atoms with E-state index in [1.54, 1.807) is 14.1 Å². The summed E-state index contributed by atoms with van der Waals surface area (Å²) in [5.74, 6) is -1.60.